The van der Waals surface area contributed by atoms with E-state index in [4.69, 9.17) is 0 Å². The van der Waals surface area contributed by atoms with Crippen LogP contribution in [0.3, 0.4) is 0 Å². The molecule has 0 radical (unpaired) electrons. The van der Waals surface area contributed by atoms with Gasteiger partial charge in [-0.2, -0.15) is 0 Å². The van der Waals surface area contributed by atoms with Crippen molar-refractivity contribution < 1.29 is 9.59 Å². The topological polar surface area (TPSA) is 40.6 Å². The molecule has 0 N–H and O–H groups in total. The minimum atomic E-state index is -0.0221. The number of hydrogen-bond donors (Lipinski definition) is 0. The van der Waals surface area contributed by atoms with Gasteiger partial charge < -0.3 is 9.80 Å². The van der Waals surface area contributed by atoms with Crippen molar-refractivity contribution in [1.82, 2.24) is 9.80 Å². The lowest BCUT2D eigenvalue weighted by molar-refractivity contribution is -0.143. The maximum absolute atomic E-state index is 12.8. The minimum Gasteiger partial charge on any atom is -0.342 e. The molecule has 4 heteroatoms. The third-order valence-electron chi connectivity index (χ3n) is 4.90. The van der Waals surface area contributed by atoms with Crippen LogP contribution in [-0.2, 0) is 4.79 Å². The maximum atomic E-state index is 12.8. The number of likely N-dealkylation sites (tertiary alicyclic amines) is 2. The summed E-state index contributed by atoms with van der Waals surface area (Å²) in [5, 5.41) is 0. The lowest BCUT2D eigenvalue weighted by Crippen LogP contribution is -2.54. The number of nitrogens with zero attached hydrogens (tertiary/aromatic N) is 2. The lowest BCUT2D eigenvalue weighted by Gasteiger charge is -2.41. The molecule has 1 atom stereocenters. The number of carbonyl (C=O) groups is 2. The molecule has 2 aliphatic heterocycles. The second-order valence-corrected chi connectivity index (χ2v) is 7.32. The van der Waals surface area contributed by atoms with Crippen LogP contribution in [0, 0.1) is 25.7 Å². The minimum absolute atomic E-state index is 0.0221. The number of aryl methyl sites for hydroxylation is 2. The molecule has 0 bridgehead atoms. The van der Waals surface area contributed by atoms with E-state index < -0.39 is 0 Å². The monoisotopic (exact) mass is 314 g/mol. The molecule has 124 valence electrons. The first-order chi connectivity index (χ1) is 10.9. The largest absolute Gasteiger partial charge is 0.342 e. The van der Waals surface area contributed by atoms with Crippen molar-refractivity contribution in [2.24, 2.45) is 11.8 Å². The standard InChI is InChI=1S/C19H26N2O2/c1-13-7-14(2)9-17(8-13)19(23)20-6-4-5-16(12-20)18(22)21-10-15(3)11-21/h7-9,15-16H,4-6,10-12H2,1-3H3/t16-/m0/s1. The zero-order chi connectivity index (χ0) is 16.6. The predicted molar refractivity (Wildman–Crippen MR) is 90.3 cm³/mol. The van der Waals surface area contributed by atoms with Crippen LogP contribution < -0.4 is 0 Å². The van der Waals surface area contributed by atoms with Gasteiger partial charge in [-0.3, -0.25) is 9.59 Å². The summed E-state index contributed by atoms with van der Waals surface area (Å²) in [7, 11) is 0. The van der Waals surface area contributed by atoms with E-state index in [2.05, 4.69) is 13.0 Å². The molecule has 2 amide bonds. The zero-order valence-electron chi connectivity index (χ0n) is 14.3. The SMILES string of the molecule is Cc1cc(C)cc(C(=O)N2CCC[C@H](C(=O)N3CC(C)C3)C2)c1. The predicted octanol–water partition coefficient (Wildman–Crippen LogP) is 2.63. The first-order valence-corrected chi connectivity index (χ1v) is 8.60. The Bertz CT molecular complexity index is 600. The van der Waals surface area contributed by atoms with Gasteiger partial charge in [-0.1, -0.05) is 24.1 Å². The molecule has 1 aromatic carbocycles. The summed E-state index contributed by atoms with van der Waals surface area (Å²) in [5.74, 6) is 0.897. The number of piperidine rings is 1. The van der Waals surface area contributed by atoms with Crippen LogP contribution in [0.2, 0.25) is 0 Å². The van der Waals surface area contributed by atoms with E-state index in [1.54, 1.807) is 0 Å². The normalized spacial score (nSPS) is 22.0. The van der Waals surface area contributed by atoms with E-state index in [1.807, 2.05) is 35.8 Å². The van der Waals surface area contributed by atoms with Crippen molar-refractivity contribution >= 4 is 11.8 Å². The van der Waals surface area contributed by atoms with E-state index in [9.17, 15) is 9.59 Å². The van der Waals surface area contributed by atoms with Crippen molar-refractivity contribution in [2.75, 3.05) is 26.2 Å². The highest BCUT2D eigenvalue weighted by Gasteiger charge is 2.35. The molecule has 2 fully saturated rings. The van der Waals surface area contributed by atoms with Gasteiger partial charge in [0.2, 0.25) is 5.91 Å². The highest BCUT2D eigenvalue weighted by atomic mass is 16.2. The highest BCUT2D eigenvalue weighted by molar-refractivity contribution is 5.95. The smallest absolute Gasteiger partial charge is 0.253 e. The molecule has 3 rings (SSSR count). The van der Waals surface area contributed by atoms with Crippen molar-refractivity contribution in [2.45, 2.75) is 33.6 Å². The van der Waals surface area contributed by atoms with E-state index in [1.165, 1.54) is 0 Å². The molecule has 2 heterocycles. The fraction of sp³-hybridized carbons (Fsp3) is 0.579. The van der Waals surface area contributed by atoms with Crippen LogP contribution >= 0.6 is 0 Å². The summed E-state index contributed by atoms with van der Waals surface area (Å²) in [6, 6.07) is 5.96. The number of hydrogen-bond acceptors (Lipinski definition) is 2. The van der Waals surface area contributed by atoms with Crippen molar-refractivity contribution in [3.05, 3.63) is 34.9 Å². The molecule has 4 nitrogen and oxygen atoms in total. The molecular weight excluding hydrogens is 288 g/mol. The van der Waals surface area contributed by atoms with Gasteiger partial charge >= 0.3 is 0 Å². The number of benzene rings is 1. The molecule has 0 aliphatic carbocycles. The zero-order valence-corrected chi connectivity index (χ0v) is 14.3. The van der Waals surface area contributed by atoms with Gasteiger partial charge in [0, 0.05) is 31.7 Å². The first-order valence-electron chi connectivity index (χ1n) is 8.60. The van der Waals surface area contributed by atoms with Crippen LogP contribution in [0.5, 0.6) is 0 Å². The Kier molecular flexibility index (Phi) is 4.42. The Morgan fingerprint density at radius 3 is 2.26 bits per heavy atom. The summed E-state index contributed by atoms with van der Waals surface area (Å²) in [6.45, 7) is 9.26. The molecule has 1 aromatic rings. The number of rotatable bonds is 2. The second-order valence-electron chi connectivity index (χ2n) is 7.32. The third-order valence-corrected chi connectivity index (χ3v) is 4.90. The average Bonchev–Trinajstić information content (AvgIpc) is 2.49. The average molecular weight is 314 g/mol. The van der Waals surface area contributed by atoms with E-state index in [0.29, 0.717) is 12.5 Å². The quantitative estimate of drug-likeness (QED) is 0.842. The van der Waals surface area contributed by atoms with Crippen molar-refractivity contribution in [1.29, 1.82) is 0 Å². The Balaban J connectivity index is 1.68. The van der Waals surface area contributed by atoms with Gasteiger partial charge in [0.05, 0.1) is 5.92 Å². The fourth-order valence-electron chi connectivity index (χ4n) is 3.78. The van der Waals surface area contributed by atoms with Gasteiger partial charge in [0.1, 0.15) is 0 Å². The third kappa shape index (κ3) is 3.41. The molecule has 0 spiro atoms. The van der Waals surface area contributed by atoms with Gasteiger partial charge in [-0.15, -0.1) is 0 Å². The Hall–Kier alpha value is -1.84. The molecule has 2 aliphatic rings. The molecule has 0 saturated carbocycles. The first kappa shape index (κ1) is 16.0. The van der Waals surface area contributed by atoms with Crippen LogP contribution in [0.15, 0.2) is 18.2 Å². The maximum Gasteiger partial charge on any atom is 0.253 e. The van der Waals surface area contributed by atoms with Crippen LogP contribution in [0.25, 0.3) is 0 Å². The fourth-order valence-corrected chi connectivity index (χ4v) is 3.78. The molecule has 0 aromatic heterocycles. The summed E-state index contributed by atoms with van der Waals surface area (Å²) in [5.41, 5.74) is 2.95. The lowest BCUT2D eigenvalue weighted by atomic mass is 9.92. The summed E-state index contributed by atoms with van der Waals surface area (Å²) < 4.78 is 0. The Morgan fingerprint density at radius 1 is 1.00 bits per heavy atom. The van der Waals surface area contributed by atoms with Crippen LogP contribution in [0.1, 0.15) is 41.3 Å². The molecule has 23 heavy (non-hydrogen) atoms. The highest BCUT2D eigenvalue weighted by Crippen LogP contribution is 2.25. The van der Waals surface area contributed by atoms with Crippen molar-refractivity contribution in [3.63, 3.8) is 0 Å². The van der Waals surface area contributed by atoms with E-state index in [0.717, 1.165) is 49.2 Å². The van der Waals surface area contributed by atoms with Crippen molar-refractivity contribution in [3.8, 4) is 0 Å². The van der Waals surface area contributed by atoms with Crippen LogP contribution in [0.4, 0.5) is 0 Å². The molecular formula is C19H26N2O2. The van der Waals surface area contributed by atoms with Gasteiger partial charge in [0.25, 0.3) is 5.91 Å². The van der Waals surface area contributed by atoms with Gasteiger partial charge in [0.15, 0.2) is 0 Å². The summed E-state index contributed by atoms with van der Waals surface area (Å²) in [4.78, 5) is 29.1. The summed E-state index contributed by atoms with van der Waals surface area (Å²) >= 11 is 0. The van der Waals surface area contributed by atoms with Gasteiger partial charge in [-0.05, 0) is 44.7 Å². The molecule has 2 saturated heterocycles. The van der Waals surface area contributed by atoms with Crippen LogP contribution in [-0.4, -0.2) is 47.8 Å². The van der Waals surface area contributed by atoms with Gasteiger partial charge in [-0.25, -0.2) is 0 Å². The Labute approximate surface area is 138 Å². The Morgan fingerprint density at radius 2 is 1.65 bits per heavy atom. The summed E-state index contributed by atoms with van der Waals surface area (Å²) in [6.07, 6.45) is 1.82. The number of carbonyl (C=O) groups excluding carboxylic acids is 2. The molecule has 0 unspecified atom stereocenters. The second kappa shape index (κ2) is 6.34. The number of amides is 2. The van der Waals surface area contributed by atoms with E-state index in [-0.39, 0.29) is 17.7 Å². The van der Waals surface area contributed by atoms with E-state index >= 15 is 0 Å².